The van der Waals surface area contributed by atoms with Crippen LogP contribution >= 0.6 is 0 Å². The molecule has 0 bridgehead atoms. The fourth-order valence-corrected chi connectivity index (χ4v) is 1.76. The molecule has 6 heteroatoms. The van der Waals surface area contributed by atoms with Gasteiger partial charge in [-0.25, -0.2) is 0 Å². The quantitative estimate of drug-likeness (QED) is 0.915. The van der Waals surface area contributed by atoms with Crippen LogP contribution in [0.25, 0.3) is 0 Å². The molecule has 1 amide bonds. The van der Waals surface area contributed by atoms with Crippen molar-refractivity contribution in [3.63, 3.8) is 0 Å². The second kappa shape index (κ2) is 4.64. The molecule has 19 heavy (non-hydrogen) atoms. The van der Waals surface area contributed by atoms with Gasteiger partial charge in [0.25, 0.3) is 5.91 Å². The van der Waals surface area contributed by atoms with Crippen molar-refractivity contribution in [3.8, 4) is 11.5 Å². The smallest absolute Gasteiger partial charge is 0.277 e. The molecule has 1 aromatic heterocycles. The maximum atomic E-state index is 11.9. The monoisotopic (exact) mass is 260 g/mol. The number of carbonyl (C=O) groups is 1. The van der Waals surface area contributed by atoms with Gasteiger partial charge in [0, 0.05) is 24.2 Å². The Morgan fingerprint density at radius 1 is 1.32 bits per heavy atom. The first kappa shape index (κ1) is 11.6. The van der Waals surface area contributed by atoms with Gasteiger partial charge in [0.05, 0.1) is 0 Å². The summed E-state index contributed by atoms with van der Waals surface area (Å²) in [7, 11) is 0. The lowest BCUT2D eigenvalue weighted by Crippen LogP contribution is -2.12. The zero-order valence-corrected chi connectivity index (χ0v) is 10.3. The standard InChI is InChI=1S/C13H12N2O4/c1-2-9-6-10(15-19-9)13(16)14-8-3-4-11-12(5-8)18-7-17-11/h3-6H,2,7H2,1H3,(H,14,16). The summed E-state index contributed by atoms with van der Waals surface area (Å²) in [6, 6.07) is 6.83. The Hall–Kier alpha value is -2.50. The minimum atomic E-state index is -0.317. The fourth-order valence-electron chi connectivity index (χ4n) is 1.76. The van der Waals surface area contributed by atoms with E-state index in [1.54, 1.807) is 24.3 Å². The van der Waals surface area contributed by atoms with E-state index in [1.165, 1.54) is 0 Å². The molecule has 0 aliphatic carbocycles. The Balaban J connectivity index is 1.75. The van der Waals surface area contributed by atoms with Crippen LogP contribution in [0.3, 0.4) is 0 Å². The number of ether oxygens (including phenoxy) is 2. The molecule has 0 saturated carbocycles. The molecule has 0 atom stereocenters. The number of anilines is 1. The second-order valence-electron chi connectivity index (χ2n) is 4.05. The lowest BCUT2D eigenvalue weighted by molar-refractivity contribution is 0.101. The van der Waals surface area contributed by atoms with Crippen molar-refractivity contribution in [2.75, 3.05) is 12.1 Å². The summed E-state index contributed by atoms with van der Waals surface area (Å²) in [5, 5.41) is 6.44. The predicted octanol–water partition coefficient (Wildman–Crippen LogP) is 2.22. The van der Waals surface area contributed by atoms with Crippen molar-refractivity contribution in [1.29, 1.82) is 0 Å². The molecule has 0 fully saturated rings. The fraction of sp³-hybridized carbons (Fsp3) is 0.231. The lowest BCUT2D eigenvalue weighted by Gasteiger charge is -2.03. The number of hydrogen-bond acceptors (Lipinski definition) is 5. The van der Waals surface area contributed by atoms with Crippen molar-refractivity contribution in [2.45, 2.75) is 13.3 Å². The van der Waals surface area contributed by atoms with Crippen LogP contribution in [0, 0.1) is 0 Å². The van der Waals surface area contributed by atoms with Crippen molar-refractivity contribution in [3.05, 3.63) is 35.7 Å². The Kier molecular flexibility index (Phi) is 2.83. The number of rotatable bonds is 3. The molecule has 1 aliphatic rings. The first-order chi connectivity index (χ1) is 9.26. The molecule has 0 unspecified atom stereocenters. The third-order valence-electron chi connectivity index (χ3n) is 2.77. The van der Waals surface area contributed by atoms with E-state index >= 15 is 0 Å². The Morgan fingerprint density at radius 3 is 2.95 bits per heavy atom. The van der Waals surface area contributed by atoms with Gasteiger partial charge < -0.3 is 19.3 Å². The summed E-state index contributed by atoms with van der Waals surface area (Å²) >= 11 is 0. The SMILES string of the molecule is CCc1cc(C(=O)Nc2ccc3c(c2)OCO3)no1. The number of nitrogens with zero attached hydrogens (tertiary/aromatic N) is 1. The van der Waals surface area contributed by atoms with Gasteiger partial charge in [0.15, 0.2) is 17.2 Å². The molecule has 2 heterocycles. The molecule has 0 spiro atoms. The van der Waals surface area contributed by atoms with E-state index in [4.69, 9.17) is 14.0 Å². The van der Waals surface area contributed by atoms with Gasteiger partial charge in [-0.05, 0) is 12.1 Å². The molecule has 3 rings (SSSR count). The van der Waals surface area contributed by atoms with Gasteiger partial charge in [-0.1, -0.05) is 12.1 Å². The largest absolute Gasteiger partial charge is 0.454 e. The average Bonchev–Trinajstić information content (AvgIpc) is 3.06. The number of carbonyl (C=O) groups excluding carboxylic acids is 1. The number of benzene rings is 1. The van der Waals surface area contributed by atoms with Gasteiger partial charge in [0.2, 0.25) is 6.79 Å². The molecular weight excluding hydrogens is 248 g/mol. The Morgan fingerprint density at radius 2 is 2.16 bits per heavy atom. The van der Waals surface area contributed by atoms with E-state index in [0.717, 1.165) is 0 Å². The summed E-state index contributed by atoms with van der Waals surface area (Å²) in [6.07, 6.45) is 0.699. The van der Waals surface area contributed by atoms with Crippen LogP contribution in [0.5, 0.6) is 11.5 Å². The molecular formula is C13H12N2O4. The summed E-state index contributed by atoms with van der Waals surface area (Å²) in [5.41, 5.74) is 0.879. The van der Waals surface area contributed by atoms with Gasteiger partial charge in [-0.2, -0.15) is 0 Å². The summed E-state index contributed by atoms with van der Waals surface area (Å²) in [5.74, 6) is 1.65. The van der Waals surface area contributed by atoms with E-state index in [1.807, 2.05) is 6.92 Å². The molecule has 0 saturated heterocycles. The minimum Gasteiger partial charge on any atom is -0.454 e. The Bertz CT molecular complexity index is 621. The van der Waals surface area contributed by atoms with Crippen LogP contribution in [0.15, 0.2) is 28.8 Å². The molecule has 2 aromatic rings. The van der Waals surface area contributed by atoms with Gasteiger partial charge >= 0.3 is 0 Å². The highest BCUT2D eigenvalue weighted by Crippen LogP contribution is 2.34. The normalized spacial score (nSPS) is 12.5. The predicted molar refractivity (Wildman–Crippen MR) is 66.4 cm³/mol. The first-order valence-electron chi connectivity index (χ1n) is 5.93. The van der Waals surface area contributed by atoms with E-state index < -0.39 is 0 Å². The zero-order valence-electron chi connectivity index (χ0n) is 10.3. The van der Waals surface area contributed by atoms with Crippen LogP contribution in [0.1, 0.15) is 23.2 Å². The molecule has 1 N–H and O–H groups in total. The Labute approximate surface area is 109 Å². The molecule has 6 nitrogen and oxygen atoms in total. The van der Waals surface area contributed by atoms with E-state index in [9.17, 15) is 4.79 Å². The van der Waals surface area contributed by atoms with Crippen molar-refractivity contribution in [1.82, 2.24) is 5.16 Å². The highest BCUT2D eigenvalue weighted by atomic mass is 16.7. The number of aryl methyl sites for hydroxylation is 1. The maximum Gasteiger partial charge on any atom is 0.277 e. The summed E-state index contributed by atoms with van der Waals surface area (Å²) in [6.45, 7) is 2.13. The maximum absolute atomic E-state index is 11.9. The van der Waals surface area contributed by atoms with E-state index in [-0.39, 0.29) is 18.4 Å². The van der Waals surface area contributed by atoms with Gasteiger partial charge in [-0.15, -0.1) is 0 Å². The minimum absolute atomic E-state index is 0.204. The first-order valence-corrected chi connectivity index (χ1v) is 5.93. The van der Waals surface area contributed by atoms with Gasteiger partial charge in [0.1, 0.15) is 5.76 Å². The number of amides is 1. The summed E-state index contributed by atoms with van der Waals surface area (Å²) in [4.78, 5) is 11.9. The van der Waals surface area contributed by atoms with Crippen LogP contribution < -0.4 is 14.8 Å². The third kappa shape index (κ3) is 2.24. The van der Waals surface area contributed by atoms with E-state index in [0.29, 0.717) is 29.4 Å². The van der Waals surface area contributed by atoms with Crippen LogP contribution in [-0.2, 0) is 6.42 Å². The topological polar surface area (TPSA) is 73.6 Å². The summed E-state index contributed by atoms with van der Waals surface area (Å²) < 4.78 is 15.4. The zero-order chi connectivity index (χ0) is 13.2. The van der Waals surface area contributed by atoms with Crippen molar-refractivity contribution < 1.29 is 18.8 Å². The molecule has 0 radical (unpaired) electrons. The average molecular weight is 260 g/mol. The second-order valence-corrected chi connectivity index (χ2v) is 4.05. The molecule has 1 aliphatic heterocycles. The highest BCUT2D eigenvalue weighted by Gasteiger charge is 2.16. The lowest BCUT2D eigenvalue weighted by atomic mass is 10.2. The molecule has 98 valence electrons. The number of nitrogens with one attached hydrogen (secondary N) is 1. The van der Waals surface area contributed by atoms with Crippen LogP contribution in [0.4, 0.5) is 5.69 Å². The van der Waals surface area contributed by atoms with Gasteiger partial charge in [-0.3, -0.25) is 4.79 Å². The van der Waals surface area contributed by atoms with Crippen LogP contribution in [0.2, 0.25) is 0 Å². The number of fused-ring (bicyclic) bond motifs is 1. The van der Waals surface area contributed by atoms with Crippen LogP contribution in [-0.4, -0.2) is 17.9 Å². The third-order valence-corrected chi connectivity index (χ3v) is 2.77. The number of aromatic nitrogens is 1. The van der Waals surface area contributed by atoms with Crippen molar-refractivity contribution in [2.24, 2.45) is 0 Å². The highest BCUT2D eigenvalue weighted by molar-refractivity contribution is 6.02. The van der Waals surface area contributed by atoms with Crippen molar-refractivity contribution >= 4 is 11.6 Å². The number of hydrogen-bond donors (Lipinski definition) is 1. The molecule has 1 aromatic carbocycles. The van der Waals surface area contributed by atoms with E-state index in [2.05, 4.69) is 10.5 Å².